The van der Waals surface area contributed by atoms with E-state index >= 15 is 0 Å². The molecule has 1 aliphatic heterocycles. The summed E-state index contributed by atoms with van der Waals surface area (Å²) in [6, 6.07) is 7.10. The molecule has 0 fully saturated rings. The maximum Gasteiger partial charge on any atom is 0.329 e. The molecule has 0 spiro atoms. The molecule has 0 radical (unpaired) electrons. The second kappa shape index (κ2) is 7.73. The molecule has 2 heterocycles. The van der Waals surface area contributed by atoms with E-state index in [0.717, 1.165) is 12.8 Å². The van der Waals surface area contributed by atoms with Gasteiger partial charge in [-0.2, -0.15) is 0 Å². The Kier molecular flexibility index (Phi) is 5.39. The molecule has 0 bridgehead atoms. The Morgan fingerprint density at radius 1 is 1.19 bits per heavy atom. The van der Waals surface area contributed by atoms with Gasteiger partial charge in [0.25, 0.3) is 5.91 Å². The van der Waals surface area contributed by atoms with Gasteiger partial charge in [0.2, 0.25) is 0 Å². The van der Waals surface area contributed by atoms with Gasteiger partial charge in [0.05, 0.1) is 20.3 Å². The van der Waals surface area contributed by atoms with Gasteiger partial charge in [-0.3, -0.25) is 4.79 Å². The van der Waals surface area contributed by atoms with Crippen molar-refractivity contribution in [3.05, 3.63) is 47.8 Å². The predicted molar refractivity (Wildman–Crippen MR) is 99.3 cm³/mol. The summed E-state index contributed by atoms with van der Waals surface area (Å²) in [6.45, 7) is 2.53. The molecule has 1 aromatic heterocycles. The molecule has 1 amide bonds. The number of methoxy groups -OCH3 is 2. The van der Waals surface area contributed by atoms with Crippen LogP contribution in [-0.2, 0) is 4.79 Å². The van der Waals surface area contributed by atoms with Crippen LogP contribution in [0.1, 0.15) is 47.9 Å². The number of carboxylic acid groups (broad SMARTS) is 1. The molecule has 1 aromatic carbocycles. The van der Waals surface area contributed by atoms with Crippen molar-refractivity contribution in [1.29, 1.82) is 0 Å². The van der Waals surface area contributed by atoms with E-state index in [-0.39, 0.29) is 5.91 Å². The van der Waals surface area contributed by atoms with E-state index in [4.69, 9.17) is 9.47 Å². The highest BCUT2D eigenvalue weighted by Crippen LogP contribution is 2.41. The molecule has 7 heteroatoms. The van der Waals surface area contributed by atoms with Gasteiger partial charge in [0, 0.05) is 12.7 Å². The van der Waals surface area contributed by atoms with Crippen molar-refractivity contribution in [3.8, 4) is 11.5 Å². The van der Waals surface area contributed by atoms with Crippen LogP contribution in [0, 0.1) is 0 Å². The third-order valence-corrected chi connectivity index (χ3v) is 4.95. The minimum atomic E-state index is -0.985. The van der Waals surface area contributed by atoms with E-state index < -0.39 is 18.1 Å². The molecule has 27 heavy (non-hydrogen) atoms. The molecule has 1 aliphatic rings. The maximum atomic E-state index is 13.1. The number of amides is 1. The number of benzene rings is 1. The number of carboxylic acids is 1. The highest BCUT2D eigenvalue weighted by molar-refractivity contribution is 5.95. The van der Waals surface area contributed by atoms with Crippen LogP contribution in [0.2, 0.25) is 0 Å². The first-order chi connectivity index (χ1) is 13.0. The predicted octanol–water partition coefficient (Wildman–Crippen LogP) is 3.13. The van der Waals surface area contributed by atoms with Gasteiger partial charge in [-0.15, -0.1) is 0 Å². The monoisotopic (exact) mass is 372 g/mol. The van der Waals surface area contributed by atoms with Crippen LogP contribution in [-0.4, -0.2) is 47.2 Å². The Morgan fingerprint density at radius 3 is 2.56 bits per heavy atom. The summed E-state index contributed by atoms with van der Waals surface area (Å²) in [7, 11) is 3.07. The topological polar surface area (TPSA) is 81.0 Å². The van der Waals surface area contributed by atoms with E-state index in [1.54, 1.807) is 53.1 Å². The fraction of sp³-hybridized carbons (Fsp3) is 0.400. The smallest absolute Gasteiger partial charge is 0.329 e. The largest absolute Gasteiger partial charge is 0.493 e. The number of carbonyl (C=O) groups is 2. The number of nitrogens with zero attached hydrogens (tertiary/aromatic N) is 2. The lowest BCUT2D eigenvalue weighted by Gasteiger charge is -2.41. The van der Waals surface area contributed by atoms with Crippen LogP contribution in [0.25, 0.3) is 0 Å². The number of hydrogen-bond donors (Lipinski definition) is 1. The van der Waals surface area contributed by atoms with Crippen LogP contribution < -0.4 is 9.47 Å². The molecule has 7 nitrogen and oxygen atoms in total. The number of aliphatic carboxylic acids is 1. The Bertz CT molecular complexity index is 845. The molecule has 1 N–H and O–H groups in total. The van der Waals surface area contributed by atoms with E-state index in [0.29, 0.717) is 29.3 Å². The quantitative estimate of drug-likeness (QED) is 0.808. The number of fused-ring (bicyclic) bond motifs is 1. The Morgan fingerprint density at radius 2 is 1.93 bits per heavy atom. The first kappa shape index (κ1) is 18.8. The molecule has 0 aliphatic carbocycles. The van der Waals surface area contributed by atoms with Crippen molar-refractivity contribution in [2.24, 2.45) is 0 Å². The molecule has 0 saturated heterocycles. The van der Waals surface area contributed by atoms with Crippen molar-refractivity contribution in [2.45, 2.75) is 31.8 Å². The standard InChI is InChI=1S/C20H24N2O5/c1-4-5-10-22-17(13-8-9-15(26-2)16(12-13)27-3)18(20(24)25)21-11-6-7-14(21)19(22)23/h6-9,11-12,17-18H,4-5,10H2,1-3H3,(H,24,25)/t17-,18+/m0/s1. The summed E-state index contributed by atoms with van der Waals surface area (Å²) < 4.78 is 12.2. The molecule has 3 rings (SSSR count). The van der Waals surface area contributed by atoms with Gasteiger partial charge < -0.3 is 24.0 Å². The molecule has 2 atom stereocenters. The van der Waals surface area contributed by atoms with Crippen molar-refractivity contribution >= 4 is 11.9 Å². The van der Waals surface area contributed by atoms with Gasteiger partial charge in [-0.05, 0) is 36.2 Å². The van der Waals surface area contributed by atoms with Crippen molar-refractivity contribution < 1.29 is 24.2 Å². The third-order valence-electron chi connectivity index (χ3n) is 4.95. The zero-order valence-electron chi connectivity index (χ0n) is 15.7. The summed E-state index contributed by atoms with van der Waals surface area (Å²) in [4.78, 5) is 26.9. The first-order valence-corrected chi connectivity index (χ1v) is 8.96. The minimum Gasteiger partial charge on any atom is -0.493 e. The lowest BCUT2D eigenvalue weighted by molar-refractivity contribution is -0.143. The molecule has 0 saturated carbocycles. The number of unbranched alkanes of at least 4 members (excludes halogenated alkanes) is 1. The van der Waals surface area contributed by atoms with Gasteiger partial charge in [-0.1, -0.05) is 19.4 Å². The average Bonchev–Trinajstić information content (AvgIpc) is 3.15. The number of hydrogen-bond acceptors (Lipinski definition) is 4. The minimum absolute atomic E-state index is 0.161. The van der Waals surface area contributed by atoms with Gasteiger partial charge in [0.15, 0.2) is 17.5 Å². The highest BCUT2D eigenvalue weighted by atomic mass is 16.5. The Hall–Kier alpha value is -2.96. The van der Waals surface area contributed by atoms with Crippen molar-refractivity contribution in [2.75, 3.05) is 20.8 Å². The number of aromatic nitrogens is 1. The first-order valence-electron chi connectivity index (χ1n) is 8.96. The lowest BCUT2D eigenvalue weighted by Crippen LogP contribution is -2.48. The van der Waals surface area contributed by atoms with Gasteiger partial charge in [-0.25, -0.2) is 4.79 Å². The summed E-state index contributed by atoms with van der Waals surface area (Å²) in [6.07, 6.45) is 3.35. The maximum absolute atomic E-state index is 13.1. The lowest BCUT2D eigenvalue weighted by atomic mass is 9.93. The second-order valence-corrected chi connectivity index (χ2v) is 6.50. The van der Waals surface area contributed by atoms with Crippen molar-refractivity contribution in [1.82, 2.24) is 9.47 Å². The third kappa shape index (κ3) is 3.25. The normalized spacial score (nSPS) is 18.9. The summed E-state index contributed by atoms with van der Waals surface area (Å²) in [5.74, 6) is -0.0932. The van der Waals surface area contributed by atoms with E-state index in [2.05, 4.69) is 0 Å². The number of rotatable bonds is 7. The van der Waals surface area contributed by atoms with Crippen LogP contribution in [0.15, 0.2) is 36.5 Å². The molecular weight excluding hydrogens is 348 g/mol. The zero-order valence-corrected chi connectivity index (χ0v) is 15.7. The van der Waals surface area contributed by atoms with E-state index in [9.17, 15) is 14.7 Å². The Labute approximate surface area is 158 Å². The zero-order chi connectivity index (χ0) is 19.6. The Balaban J connectivity index is 2.15. The average molecular weight is 372 g/mol. The fourth-order valence-corrected chi connectivity index (χ4v) is 3.64. The summed E-state index contributed by atoms with van der Waals surface area (Å²) in [5, 5.41) is 9.98. The van der Waals surface area contributed by atoms with E-state index in [1.165, 1.54) is 7.11 Å². The van der Waals surface area contributed by atoms with Crippen molar-refractivity contribution in [3.63, 3.8) is 0 Å². The van der Waals surface area contributed by atoms with Gasteiger partial charge in [0.1, 0.15) is 5.69 Å². The fourth-order valence-electron chi connectivity index (χ4n) is 3.64. The number of carbonyl (C=O) groups excluding carboxylic acids is 1. The molecule has 144 valence electrons. The SMILES string of the molecule is CCCCN1C(=O)c2cccn2[C@@H](C(=O)O)[C@@H]1c1ccc(OC)c(OC)c1. The second-order valence-electron chi connectivity index (χ2n) is 6.50. The molecular formula is C20H24N2O5. The molecule has 2 aromatic rings. The van der Waals surface area contributed by atoms with Crippen LogP contribution in [0.5, 0.6) is 11.5 Å². The summed E-state index contributed by atoms with van der Waals surface area (Å²) in [5.41, 5.74) is 1.10. The highest BCUT2D eigenvalue weighted by Gasteiger charge is 2.44. The molecule has 0 unspecified atom stereocenters. The van der Waals surface area contributed by atoms with Gasteiger partial charge >= 0.3 is 5.97 Å². The van der Waals surface area contributed by atoms with Crippen LogP contribution in [0.3, 0.4) is 0 Å². The van der Waals surface area contributed by atoms with Crippen LogP contribution in [0.4, 0.5) is 0 Å². The van der Waals surface area contributed by atoms with E-state index in [1.807, 2.05) is 6.92 Å². The number of ether oxygens (including phenoxy) is 2. The summed E-state index contributed by atoms with van der Waals surface area (Å²) >= 11 is 0. The van der Waals surface area contributed by atoms with Crippen LogP contribution >= 0.6 is 0 Å².